The molecule has 0 fully saturated rings. The summed E-state index contributed by atoms with van der Waals surface area (Å²) in [5.41, 5.74) is 1.35. The summed E-state index contributed by atoms with van der Waals surface area (Å²) in [6, 6.07) is 7.25. The lowest BCUT2D eigenvalue weighted by Gasteiger charge is -2.08. The highest BCUT2D eigenvalue weighted by Crippen LogP contribution is 2.23. The molecule has 2 rings (SSSR count). The van der Waals surface area contributed by atoms with E-state index in [2.05, 4.69) is 15.3 Å². The summed E-state index contributed by atoms with van der Waals surface area (Å²) in [6.45, 7) is 0.512. The quantitative estimate of drug-likeness (QED) is 0.928. The number of aromatic nitrogens is 2. The van der Waals surface area contributed by atoms with Crippen LogP contribution in [0.25, 0.3) is 0 Å². The summed E-state index contributed by atoms with van der Waals surface area (Å²) in [5, 5.41) is 12.3. The van der Waals surface area contributed by atoms with Crippen molar-refractivity contribution in [3.63, 3.8) is 0 Å². The lowest BCUT2D eigenvalue weighted by Crippen LogP contribution is -2.03. The molecule has 0 aliphatic rings. The molecule has 96 valence electrons. The number of hydrogen-bond donors (Lipinski definition) is 1. The van der Waals surface area contributed by atoms with E-state index in [1.54, 1.807) is 31.6 Å². The minimum Gasteiger partial charge on any atom is -0.481 e. The number of halogens is 1. The zero-order valence-electron chi connectivity index (χ0n) is 10.2. The third kappa shape index (κ3) is 3.12. The van der Waals surface area contributed by atoms with Crippen LogP contribution in [-0.4, -0.2) is 17.1 Å². The minimum atomic E-state index is 0.325. The highest BCUT2D eigenvalue weighted by molar-refractivity contribution is 6.34. The van der Waals surface area contributed by atoms with Crippen molar-refractivity contribution in [1.29, 1.82) is 5.26 Å². The third-order valence-electron chi connectivity index (χ3n) is 2.48. The average Bonchev–Trinajstić information content (AvgIpc) is 2.47. The second-order valence-corrected chi connectivity index (χ2v) is 4.07. The maximum absolute atomic E-state index is 8.87. The number of ether oxygens (including phenoxy) is 1. The Kier molecular flexibility index (Phi) is 4.16. The van der Waals surface area contributed by atoms with Gasteiger partial charge in [0.1, 0.15) is 16.9 Å². The van der Waals surface area contributed by atoms with Gasteiger partial charge >= 0.3 is 0 Å². The molecular formula is C13H11ClN4O. The highest BCUT2D eigenvalue weighted by atomic mass is 35.5. The van der Waals surface area contributed by atoms with E-state index in [0.717, 1.165) is 5.56 Å². The Hall–Kier alpha value is -2.32. The van der Waals surface area contributed by atoms with E-state index in [1.807, 2.05) is 12.1 Å². The van der Waals surface area contributed by atoms with Crippen LogP contribution in [0.2, 0.25) is 5.02 Å². The van der Waals surface area contributed by atoms with Crippen LogP contribution >= 0.6 is 11.6 Å². The fourth-order valence-electron chi connectivity index (χ4n) is 1.48. The summed E-state index contributed by atoms with van der Waals surface area (Å²) in [7, 11) is 1.57. The van der Waals surface area contributed by atoms with Gasteiger partial charge < -0.3 is 10.1 Å². The number of pyridine rings is 2. The van der Waals surface area contributed by atoms with E-state index >= 15 is 0 Å². The molecule has 0 spiro atoms. The molecule has 0 bridgehead atoms. The van der Waals surface area contributed by atoms with E-state index in [9.17, 15) is 0 Å². The minimum absolute atomic E-state index is 0.325. The molecule has 0 radical (unpaired) electrons. The first-order chi connectivity index (χ1) is 9.24. The van der Waals surface area contributed by atoms with Crippen molar-refractivity contribution in [3.8, 4) is 11.9 Å². The first-order valence-electron chi connectivity index (χ1n) is 5.52. The molecule has 1 N–H and O–H groups in total. The Morgan fingerprint density at radius 3 is 2.84 bits per heavy atom. The molecule has 0 saturated heterocycles. The zero-order valence-corrected chi connectivity index (χ0v) is 11.0. The number of rotatable bonds is 4. The second kappa shape index (κ2) is 6.03. The molecule has 0 amide bonds. The third-order valence-corrected chi connectivity index (χ3v) is 2.86. The Balaban J connectivity index is 2.08. The maximum atomic E-state index is 8.87. The molecule has 6 heteroatoms. The van der Waals surface area contributed by atoms with E-state index in [1.165, 1.54) is 0 Å². The molecule has 2 aromatic heterocycles. The lowest BCUT2D eigenvalue weighted by molar-refractivity contribution is 0.397. The standard InChI is InChI=1S/C13H11ClN4O/c1-19-11-3-2-9(7-17-11)8-18-13-12(14)10(6-15)4-5-16-13/h2-5,7H,8H2,1H3,(H,16,18). The fourth-order valence-corrected chi connectivity index (χ4v) is 1.70. The number of nitrogens with zero attached hydrogens (tertiary/aromatic N) is 3. The van der Waals surface area contributed by atoms with Crippen molar-refractivity contribution in [1.82, 2.24) is 9.97 Å². The second-order valence-electron chi connectivity index (χ2n) is 3.70. The molecule has 2 heterocycles. The molecule has 0 aromatic carbocycles. The monoisotopic (exact) mass is 274 g/mol. The first-order valence-corrected chi connectivity index (χ1v) is 5.90. The molecule has 0 unspecified atom stereocenters. The van der Waals surface area contributed by atoms with Crippen molar-refractivity contribution in [2.75, 3.05) is 12.4 Å². The van der Waals surface area contributed by atoms with Gasteiger partial charge in [-0.3, -0.25) is 0 Å². The number of nitrogens with one attached hydrogen (secondary N) is 1. The van der Waals surface area contributed by atoms with Gasteiger partial charge in [0.05, 0.1) is 12.7 Å². The van der Waals surface area contributed by atoms with Crippen LogP contribution in [-0.2, 0) is 6.54 Å². The molecule has 0 atom stereocenters. The SMILES string of the molecule is COc1ccc(CNc2nccc(C#N)c2Cl)cn1. The molecule has 2 aromatic rings. The van der Waals surface area contributed by atoms with Crippen molar-refractivity contribution in [2.24, 2.45) is 0 Å². The van der Waals surface area contributed by atoms with Crippen LogP contribution in [0.3, 0.4) is 0 Å². The van der Waals surface area contributed by atoms with Crippen molar-refractivity contribution in [2.45, 2.75) is 6.54 Å². The Morgan fingerprint density at radius 1 is 1.37 bits per heavy atom. The van der Waals surface area contributed by atoms with Gasteiger partial charge in [-0.05, 0) is 11.6 Å². The summed E-state index contributed by atoms with van der Waals surface area (Å²) in [6.07, 6.45) is 3.24. The zero-order chi connectivity index (χ0) is 13.7. The lowest BCUT2D eigenvalue weighted by atomic mass is 10.2. The highest BCUT2D eigenvalue weighted by Gasteiger charge is 2.06. The number of hydrogen-bond acceptors (Lipinski definition) is 5. The summed E-state index contributed by atoms with van der Waals surface area (Å²) in [4.78, 5) is 8.19. The number of nitriles is 1. The van der Waals surface area contributed by atoms with Crippen LogP contribution in [0.15, 0.2) is 30.6 Å². The predicted octanol–water partition coefficient (Wildman–Crippen LogP) is 2.62. The van der Waals surface area contributed by atoms with Gasteiger partial charge in [0, 0.05) is 25.0 Å². The van der Waals surface area contributed by atoms with Gasteiger partial charge in [-0.2, -0.15) is 5.26 Å². The van der Waals surface area contributed by atoms with Gasteiger partial charge in [0.15, 0.2) is 0 Å². The van der Waals surface area contributed by atoms with Gasteiger partial charge in [0.2, 0.25) is 5.88 Å². The van der Waals surface area contributed by atoms with Gasteiger partial charge in [0.25, 0.3) is 0 Å². The van der Waals surface area contributed by atoms with E-state index in [0.29, 0.717) is 28.8 Å². The van der Waals surface area contributed by atoms with Crippen molar-refractivity contribution < 1.29 is 4.74 Å². The summed E-state index contributed by atoms with van der Waals surface area (Å²) >= 11 is 6.04. The number of anilines is 1. The summed E-state index contributed by atoms with van der Waals surface area (Å²) in [5.74, 6) is 1.04. The topological polar surface area (TPSA) is 70.8 Å². The van der Waals surface area contributed by atoms with E-state index in [-0.39, 0.29) is 0 Å². The van der Waals surface area contributed by atoms with E-state index < -0.39 is 0 Å². The first kappa shape index (κ1) is 13.1. The average molecular weight is 275 g/mol. The van der Waals surface area contributed by atoms with E-state index in [4.69, 9.17) is 21.6 Å². The number of methoxy groups -OCH3 is 1. The summed E-state index contributed by atoms with van der Waals surface area (Å²) < 4.78 is 4.98. The van der Waals surface area contributed by atoms with Crippen LogP contribution < -0.4 is 10.1 Å². The maximum Gasteiger partial charge on any atom is 0.212 e. The molecule has 0 saturated carbocycles. The van der Waals surface area contributed by atoms with Crippen molar-refractivity contribution in [3.05, 3.63) is 46.7 Å². The smallest absolute Gasteiger partial charge is 0.212 e. The molecular weight excluding hydrogens is 264 g/mol. The van der Waals surface area contributed by atoms with Crippen molar-refractivity contribution >= 4 is 17.4 Å². The largest absolute Gasteiger partial charge is 0.481 e. The fraction of sp³-hybridized carbons (Fsp3) is 0.154. The predicted molar refractivity (Wildman–Crippen MR) is 72.1 cm³/mol. The molecule has 5 nitrogen and oxygen atoms in total. The Labute approximate surface area is 115 Å². The van der Waals surface area contributed by atoms with Crippen LogP contribution in [0.4, 0.5) is 5.82 Å². The Bertz CT molecular complexity index is 607. The normalized spacial score (nSPS) is 9.74. The van der Waals surface area contributed by atoms with Crippen LogP contribution in [0.5, 0.6) is 5.88 Å². The Morgan fingerprint density at radius 2 is 2.21 bits per heavy atom. The molecule has 19 heavy (non-hydrogen) atoms. The molecule has 0 aliphatic carbocycles. The van der Waals surface area contributed by atoms with Crippen LogP contribution in [0.1, 0.15) is 11.1 Å². The molecule has 0 aliphatic heterocycles. The van der Waals surface area contributed by atoms with Gasteiger partial charge in [-0.1, -0.05) is 17.7 Å². The van der Waals surface area contributed by atoms with Crippen LogP contribution in [0, 0.1) is 11.3 Å². The van der Waals surface area contributed by atoms with Gasteiger partial charge in [-0.25, -0.2) is 9.97 Å². The van der Waals surface area contributed by atoms with Gasteiger partial charge in [-0.15, -0.1) is 0 Å².